The van der Waals surface area contributed by atoms with E-state index in [0.29, 0.717) is 32.0 Å². The molecule has 154 valence electrons. The summed E-state index contributed by atoms with van der Waals surface area (Å²) in [5.74, 6) is -0.0827. The quantitative estimate of drug-likeness (QED) is 0.700. The van der Waals surface area contributed by atoms with Gasteiger partial charge in [0, 0.05) is 32.4 Å². The number of carbonyl (C=O) groups is 1. The molecule has 1 fully saturated rings. The Morgan fingerprint density at radius 2 is 1.40 bits per heavy atom. The number of rotatable bonds is 4. The van der Waals surface area contributed by atoms with E-state index in [4.69, 9.17) is 0 Å². The van der Waals surface area contributed by atoms with Crippen molar-refractivity contribution in [3.8, 4) is 0 Å². The van der Waals surface area contributed by atoms with Crippen LogP contribution in [0.15, 0.2) is 72.9 Å². The predicted octanol–water partition coefficient (Wildman–Crippen LogP) is 4.30. The minimum absolute atomic E-state index is 0.146. The summed E-state index contributed by atoms with van der Waals surface area (Å²) in [5.41, 5.74) is 1.85. The Hall–Kier alpha value is -3.32. The SMILES string of the molecule is O=C(Nc1ccccn1)N1CCN(C(c2ccc(F)cc2)c2ccc(F)cc2)CC1. The molecule has 0 aliphatic carbocycles. The van der Waals surface area contributed by atoms with Crippen LogP contribution in [0.4, 0.5) is 19.4 Å². The normalized spacial score (nSPS) is 14.7. The molecule has 4 rings (SSSR count). The average molecular weight is 408 g/mol. The van der Waals surface area contributed by atoms with Gasteiger partial charge in [-0.2, -0.15) is 0 Å². The number of halogens is 2. The lowest BCUT2D eigenvalue weighted by atomic mass is 9.96. The van der Waals surface area contributed by atoms with Gasteiger partial charge in [-0.1, -0.05) is 30.3 Å². The van der Waals surface area contributed by atoms with Crippen molar-refractivity contribution in [1.29, 1.82) is 0 Å². The highest BCUT2D eigenvalue weighted by Gasteiger charge is 2.28. The van der Waals surface area contributed by atoms with Gasteiger partial charge in [0.05, 0.1) is 6.04 Å². The van der Waals surface area contributed by atoms with Crippen molar-refractivity contribution < 1.29 is 13.6 Å². The highest BCUT2D eigenvalue weighted by atomic mass is 19.1. The Balaban J connectivity index is 1.48. The lowest BCUT2D eigenvalue weighted by molar-refractivity contribution is 0.126. The predicted molar refractivity (Wildman–Crippen MR) is 111 cm³/mol. The van der Waals surface area contributed by atoms with Crippen LogP contribution in [0.2, 0.25) is 0 Å². The molecule has 0 radical (unpaired) electrons. The number of hydrogen-bond donors (Lipinski definition) is 1. The summed E-state index contributed by atoms with van der Waals surface area (Å²) in [6, 6.07) is 17.8. The van der Waals surface area contributed by atoms with Gasteiger partial charge < -0.3 is 4.90 Å². The van der Waals surface area contributed by atoms with Gasteiger partial charge in [-0.25, -0.2) is 18.6 Å². The van der Waals surface area contributed by atoms with E-state index >= 15 is 0 Å². The van der Waals surface area contributed by atoms with Gasteiger partial charge in [0.1, 0.15) is 17.5 Å². The minimum Gasteiger partial charge on any atom is -0.322 e. The van der Waals surface area contributed by atoms with Crippen molar-refractivity contribution in [2.45, 2.75) is 6.04 Å². The van der Waals surface area contributed by atoms with Crippen LogP contribution in [0.3, 0.4) is 0 Å². The fourth-order valence-corrected chi connectivity index (χ4v) is 3.71. The molecule has 0 unspecified atom stereocenters. The molecule has 30 heavy (non-hydrogen) atoms. The second-order valence-electron chi connectivity index (χ2n) is 7.17. The number of urea groups is 1. The third-order valence-electron chi connectivity index (χ3n) is 5.24. The van der Waals surface area contributed by atoms with Crippen molar-refractivity contribution >= 4 is 11.8 Å². The van der Waals surface area contributed by atoms with E-state index in [1.807, 2.05) is 6.07 Å². The molecule has 7 heteroatoms. The van der Waals surface area contributed by atoms with E-state index in [9.17, 15) is 13.6 Å². The highest BCUT2D eigenvalue weighted by Crippen LogP contribution is 2.30. The van der Waals surface area contributed by atoms with E-state index in [-0.39, 0.29) is 23.7 Å². The lowest BCUT2D eigenvalue weighted by Gasteiger charge is -2.39. The summed E-state index contributed by atoms with van der Waals surface area (Å²) in [5, 5.41) is 2.81. The standard InChI is InChI=1S/C23H22F2N4O/c24-19-8-4-17(5-9-19)22(18-6-10-20(25)11-7-18)28-13-15-29(16-14-28)23(30)27-21-3-1-2-12-26-21/h1-12,22H,13-16H2,(H,26,27,30). The third kappa shape index (κ3) is 4.63. The van der Waals surface area contributed by atoms with E-state index in [1.54, 1.807) is 47.5 Å². The first-order chi connectivity index (χ1) is 14.6. The van der Waals surface area contributed by atoms with Crippen LogP contribution in [0, 0.1) is 11.6 Å². The van der Waals surface area contributed by atoms with Gasteiger partial charge in [0.25, 0.3) is 0 Å². The summed E-state index contributed by atoms with van der Waals surface area (Å²) < 4.78 is 26.9. The smallest absolute Gasteiger partial charge is 0.322 e. The summed E-state index contributed by atoms with van der Waals surface area (Å²) in [7, 11) is 0. The van der Waals surface area contributed by atoms with Gasteiger partial charge in [-0.3, -0.25) is 10.2 Å². The molecule has 5 nitrogen and oxygen atoms in total. The first-order valence-corrected chi connectivity index (χ1v) is 9.82. The number of carbonyl (C=O) groups excluding carboxylic acids is 1. The average Bonchev–Trinajstić information content (AvgIpc) is 2.78. The molecule has 0 saturated carbocycles. The molecule has 1 saturated heterocycles. The van der Waals surface area contributed by atoms with Gasteiger partial charge in [0.15, 0.2) is 0 Å². The van der Waals surface area contributed by atoms with Crippen LogP contribution in [-0.4, -0.2) is 47.0 Å². The second kappa shape index (κ2) is 9.00. The summed E-state index contributed by atoms with van der Waals surface area (Å²) >= 11 is 0. The van der Waals surface area contributed by atoms with Gasteiger partial charge >= 0.3 is 6.03 Å². The third-order valence-corrected chi connectivity index (χ3v) is 5.24. The molecular formula is C23H22F2N4O. The second-order valence-corrected chi connectivity index (χ2v) is 7.17. The molecule has 1 aliphatic rings. The Bertz CT molecular complexity index is 927. The number of hydrogen-bond acceptors (Lipinski definition) is 3. The summed E-state index contributed by atoms with van der Waals surface area (Å²) in [6.45, 7) is 2.35. The molecule has 0 bridgehead atoms. The highest BCUT2D eigenvalue weighted by molar-refractivity contribution is 5.88. The zero-order valence-electron chi connectivity index (χ0n) is 16.3. The molecule has 3 aromatic rings. The molecule has 2 heterocycles. The van der Waals surface area contributed by atoms with Crippen LogP contribution < -0.4 is 5.32 Å². The summed E-state index contributed by atoms with van der Waals surface area (Å²) in [4.78, 5) is 20.6. The number of amides is 2. The molecule has 2 amide bonds. The maximum atomic E-state index is 13.4. The first kappa shape index (κ1) is 20.0. The fourth-order valence-electron chi connectivity index (χ4n) is 3.71. The van der Waals surface area contributed by atoms with Crippen LogP contribution in [0.1, 0.15) is 17.2 Å². The summed E-state index contributed by atoms with van der Waals surface area (Å²) in [6.07, 6.45) is 1.63. The molecule has 1 N–H and O–H groups in total. The van der Waals surface area contributed by atoms with Crippen LogP contribution in [0.5, 0.6) is 0 Å². The first-order valence-electron chi connectivity index (χ1n) is 9.82. The number of pyridine rings is 1. The van der Waals surface area contributed by atoms with Crippen LogP contribution >= 0.6 is 0 Å². The molecule has 1 aromatic heterocycles. The molecule has 1 aliphatic heterocycles. The van der Waals surface area contributed by atoms with Gasteiger partial charge in [-0.15, -0.1) is 0 Å². The van der Waals surface area contributed by atoms with Crippen molar-refractivity contribution in [3.63, 3.8) is 0 Å². The topological polar surface area (TPSA) is 48.5 Å². The monoisotopic (exact) mass is 408 g/mol. The van der Waals surface area contributed by atoms with E-state index < -0.39 is 0 Å². The lowest BCUT2D eigenvalue weighted by Crippen LogP contribution is -2.51. The number of piperazine rings is 1. The number of nitrogens with zero attached hydrogens (tertiary/aromatic N) is 3. The van der Waals surface area contributed by atoms with E-state index in [0.717, 1.165) is 11.1 Å². The molecule has 0 atom stereocenters. The van der Waals surface area contributed by atoms with Crippen LogP contribution in [-0.2, 0) is 0 Å². The van der Waals surface area contributed by atoms with Crippen molar-refractivity contribution in [3.05, 3.63) is 95.7 Å². The maximum absolute atomic E-state index is 13.4. The number of aromatic nitrogens is 1. The largest absolute Gasteiger partial charge is 0.323 e. The van der Waals surface area contributed by atoms with Crippen molar-refractivity contribution in [2.75, 3.05) is 31.5 Å². The Morgan fingerprint density at radius 3 is 1.90 bits per heavy atom. The molecule has 0 spiro atoms. The van der Waals surface area contributed by atoms with Crippen molar-refractivity contribution in [2.24, 2.45) is 0 Å². The van der Waals surface area contributed by atoms with Crippen LogP contribution in [0.25, 0.3) is 0 Å². The van der Waals surface area contributed by atoms with Gasteiger partial charge in [-0.05, 0) is 47.5 Å². The number of benzene rings is 2. The fraction of sp³-hybridized carbons (Fsp3) is 0.217. The molecular weight excluding hydrogens is 386 g/mol. The number of anilines is 1. The minimum atomic E-state index is -0.299. The Kier molecular flexibility index (Phi) is 5.99. The van der Waals surface area contributed by atoms with E-state index in [2.05, 4.69) is 15.2 Å². The zero-order chi connectivity index (χ0) is 20.9. The zero-order valence-corrected chi connectivity index (χ0v) is 16.3. The van der Waals surface area contributed by atoms with E-state index in [1.165, 1.54) is 24.3 Å². The molecule has 2 aromatic carbocycles. The van der Waals surface area contributed by atoms with Crippen molar-refractivity contribution in [1.82, 2.24) is 14.8 Å². The maximum Gasteiger partial charge on any atom is 0.323 e. The van der Waals surface area contributed by atoms with Gasteiger partial charge in [0.2, 0.25) is 0 Å². The number of nitrogens with one attached hydrogen (secondary N) is 1. The Labute approximate surface area is 174 Å². The Morgan fingerprint density at radius 1 is 0.833 bits per heavy atom.